The third kappa shape index (κ3) is 2.35. The lowest BCUT2D eigenvalue weighted by Crippen LogP contribution is -2.04. The van der Waals surface area contributed by atoms with Gasteiger partial charge in [-0.15, -0.1) is 0 Å². The maximum atomic E-state index is 5.72. The molecule has 2 heteroatoms. The van der Waals surface area contributed by atoms with E-state index in [4.69, 9.17) is 10.7 Å². The second-order valence-corrected chi connectivity index (χ2v) is 4.59. The van der Waals surface area contributed by atoms with E-state index in [1.54, 1.807) is 0 Å². The highest BCUT2D eigenvalue weighted by Crippen LogP contribution is 2.24. The first-order chi connectivity index (χ1) is 9.38. The van der Waals surface area contributed by atoms with E-state index >= 15 is 0 Å². The molecule has 19 heavy (non-hydrogen) atoms. The Bertz CT molecular complexity index is 690. The normalized spacial score (nSPS) is 10.8. The highest BCUT2D eigenvalue weighted by atomic mass is 14.7. The van der Waals surface area contributed by atoms with Crippen LogP contribution in [0, 0.1) is 0 Å². The molecule has 0 atom stereocenters. The van der Waals surface area contributed by atoms with Gasteiger partial charge >= 0.3 is 0 Å². The summed E-state index contributed by atoms with van der Waals surface area (Å²) in [5.41, 5.74) is 10.2. The number of para-hydroxylation sites is 1. The molecule has 0 saturated heterocycles. The Morgan fingerprint density at radius 3 is 2.42 bits per heavy atom. The second kappa shape index (κ2) is 5.21. The van der Waals surface area contributed by atoms with Gasteiger partial charge in [0.25, 0.3) is 0 Å². The highest BCUT2D eigenvalue weighted by Gasteiger charge is 2.06. The molecule has 0 amide bonds. The second-order valence-electron chi connectivity index (χ2n) is 4.59. The lowest BCUT2D eigenvalue weighted by molar-refractivity contribution is 0.975. The monoisotopic (exact) mass is 248 g/mol. The molecule has 0 aliphatic rings. The predicted molar refractivity (Wildman–Crippen MR) is 79.9 cm³/mol. The van der Waals surface area contributed by atoms with Gasteiger partial charge < -0.3 is 5.73 Å². The Kier molecular flexibility index (Phi) is 3.25. The van der Waals surface area contributed by atoms with Crippen molar-refractivity contribution >= 4 is 10.9 Å². The van der Waals surface area contributed by atoms with Crippen molar-refractivity contribution in [1.29, 1.82) is 0 Å². The van der Waals surface area contributed by atoms with Crippen LogP contribution < -0.4 is 5.73 Å². The molecular weight excluding hydrogens is 232 g/mol. The molecule has 0 fully saturated rings. The van der Waals surface area contributed by atoms with Crippen LogP contribution in [-0.2, 0) is 6.42 Å². The highest BCUT2D eigenvalue weighted by molar-refractivity contribution is 5.85. The molecular formula is C17H16N2. The molecule has 1 heterocycles. The van der Waals surface area contributed by atoms with Gasteiger partial charge in [-0.25, -0.2) is 4.98 Å². The molecule has 94 valence electrons. The molecule has 0 bridgehead atoms. The van der Waals surface area contributed by atoms with Crippen molar-refractivity contribution in [3.8, 4) is 11.3 Å². The van der Waals surface area contributed by atoms with Crippen LogP contribution >= 0.6 is 0 Å². The Balaban J connectivity index is 2.22. The SMILES string of the molecule is NCCc1cc(-c2ccccc2)nc2ccccc12. The number of hydrogen-bond donors (Lipinski definition) is 1. The summed E-state index contributed by atoms with van der Waals surface area (Å²) in [5.74, 6) is 0. The zero-order chi connectivity index (χ0) is 13.1. The van der Waals surface area contributed by atoms with E-state index in [9.17, 15) is 0 Å². The number of benzene rings is 2. The Morgan fingerprint density at radius 1 is 0.895 bits per heavy atom. The van der Waals surface area contributed by atoms with E-state index in [0.717, 1.165) is 23.2 Å². The van der Waals surface area contributed by atoms with Gasteiger partial charge in [0.1, 0.15) is 0 Å². The maximum absolute atomic E-state index is 5.72. The predicted octanol–water partition coefficient (Wildman–Crippen LogP) is 3.40. The van der Waals surface area contributed by atoms with E-state index in [1.807, 2.05) is 30.3 Å². The molecule has 2 N–H and O–H groups in total. The Labute approximate surface area is 112 Å². The van der Waals surface area contributed by atoms with Gasteiger partial charge in [-0.05, 0) is 30.7 Å². The van der Waals surface area contributed by atoms with Crippen LogP contribution in [0.15, 0.2) is 60.7 Å². The van der Waals surface area contributed by atoms with Gasteiger partial charge in [0.15, 0.2) is 0 Å². The zero-order valence-electron chi connectivity index (χ0n) is 10.7. The number of fused-ring (bicyclic) bond motifs is 1. The summed E-state index contributed by atoms with van der Waals surface area (Å²) in [6.45, 7) is 0.655. The molecule has 0 radical (unpaired) electrons. The maximum Gasteiger partial charge on any atom is 0.0712 e. The van der Waals surface area contributed by atoms with Gasteiger partial charge in [0.2, 0.25) is 0 Å². The van der Waals surface area contributed by atoms with Crippen molar-refractivity contribution in [3.63, 3.8) is 0 Å². The van der Waals surface area contributed by atoms with Crippen molar-refractivity contribution in [2.75, 3.05) is 6.54 Å². The summed E-state index contributed by atoms with van der Waals surface area (Å²) >= 11 is 0. The van der Waals surface area contributed by atoms with Crippen LogP contribution in [0.3, 0.4) is 0 Å². The largest absolute Gasteiger partial charge is 0.330 e. The van der Waals surface area contributed by atoms with Crippen molar-refractivity contribution in [2.45, 2.75) is 6.42 Å². The van der Waals surface area contributed by atoms with E-state index in [1.165, 1.54) is 10.9 Å². The van der Waals surface area contributed by atoms with Gasteiger partial charge in [0, 0.05) is 10.9 Å². The summed E-state index contributed by atoms with van der Waals surface area (Å²) in [4.78, 5) is 4.75. The number of hydrogen-bond acceptors (Lipinski definition) is 2. The Hall–Kier alpha value is -2.19. The van der Waals surface area contributed by atoms with Crippen LogP contribution in [-0.4, -0.2) is 11.5 Å². The molecule has 0 unspecified atom stereocenters. The van der Waals surface area contributed by atoms with E-state index in [0.29, 0.717) is 6.54 Å². The smallest absolute Gasteiger partial charge is 0.0712 e. The van der Waals surface area contributed by atoms with Gasteiger partial charge in [0.05, 0.1) is 11.2 Å². The molecule has 3 rings (SSSR count). The van der Waals surface area contributed by atoms with Crippen LogP contribution in [0.25, 0.3) is 22.2 Å². The first kappa shape index (κ1) is 11.9. The first-order valence-corrected chi connectivity index (χ1v) is 6.52. The summed E-state index contributed by atoms with van der Waals surface area (Å²) in [5, 5.41) is 1.20. The molecule has 3 aromatic rings. The number of nitrogens with zero attached hydrogens (tertiary/aromatic N) is 1. The van der Waals surface area contributed by atoms with Gasteiger partial charge in [-0.3, -0.25) is 0 Å². The third-order valence-electron chi connectivity index (χ3n) is 3.29. The number of nitrogens with two attached hydrogens (primary N) is 1. The average molecular weight is 248 g/mol. The fraction of sp³-hybridized carbons (Fsp3) is 0.118. The molecule has 2 aromatic carbocycles. The van der Waals surface area contributed by atoms with Crippen LogP contribution in [0.4, 0.5) is 0 Å². The molecule has 0 aliphatic heterocycles. The minimum absolute atomic E-state index is 0.655. The third-order valence-corrected chi connectivity index (χ3v) is 3.29. The quantitative estimate of drug-likeness (QED) is 0.771. The lowest BCUT2D eigenvalue weighted by atomic mass is 10.0. The summed E-state index contributed by atoms with van der Waals surface area (Å²) in [6.07, 6.45) is 0.878. The van der Waals surface area contributed by atoms with Gasteiger partial charge in [-0.1, -0.05) is 48.5 Å². The first-order valence-electron chi connectivity index (χ1n) is 6.52. The molecule has 2 nitrogen and oxygen atoms in total. The van der Waals surface area contributed by atoms with Gasteiger partial charge in [-0.2, -0.15) is 0 Å². The molecule has 0 saturated carbocycles. The van der Waals surface area contributed by atoms with E-state index < -0.39 is 0 Å². The summed E-state index contributed by atoms with van der Waals surface area (Å²) in [6, 6.07) is 20.7. The fourth-order valence-electron chi connectivity index (χ4n) is 2.37. The molecule has 0 spiro atoms. The number of aromatic nitrogens is 1. The lowest BCUT2D eigenvalue weighted by Gasteiger charge is -2.09. The van der Waals surface area contributed by atoms with Crippen molar-refractivity contribution in [1.82, 2.24) is 4.98 Å². The zero-order valence-corrected chi connectivity index (χ0v) is 10.7. The van der Waals surface area contributed by atoms with E-state index in [2.05, 4.69) is 30.3 Å². The molecule has 0 aliphatic carbocycles. The van der Waals surface area contributed by atoms with Crippen molar-refractivity contribution in [3.05, 3.63) is 66.2 Å². The summed E-state index contributed by atoms with van der Waals surface area (Å²) < 4.78 is 0. The van der Waals surface area contributed by atoms with Crippen LogP contribution in [0.2, 0.25) is 0 Å². The molecule has 1 aromatic heterocycles. The van der Waals surface area contributed by atoms with Crippen LogP contribution in [0.1, 0.15) is 5.56 Å². The summed E-state index contributed by atoms with van der Waals surface area (Å²) in [7, 11) is 0. The number of rotatable bonds is 3. The van der Waals surface area contributed by atoms with Crippen molar-refractivity contribution < 1.29 is 0 Å². The number of pyridine rings is 1. The average Bonchev–Trinajstić information content (AvgIpc) is 2.48. The van der Waals surface area contributed by atoms with Crippen LogP contribution in [0.5, 0.6) is 0 Å². The minimum Gasteiger partial charge on any atom is -0.330 e. The van der Waals surface area contributed by atoms with E-state index in [-0.39, 0.29) is 0 Å². The fourth-order valence-corrected chi connectivity index (χ4v) is 2.37. The topological polar surface area (TPSA) is 38.9 Å². The standard InChI is InChI=1S/C17H16N2/c18-11-10-14-12-17(13-6-2-1-3-7-13)19-16-9-5-4-8-15(14)16/h1-9,12H,10-11,18H2. The van der Waals surface area contributed by atoms with Crippen molar-refractivity contribution in [2.24, 2.45) is 5.73 Å². The minimum atomic E-state index is 0.655. The Morgan fingerprint density at radius 2 is 1.63 bits per heavy atom.